The molecule has 0 atom stereocenters. The van der Waals surface area contributed by atoms with Crippen LogP contribution in [0.5, 0.6) is 0 Å². The summed E-state index contributed by atoms with van der Waals surface area (Å²) in [6.07, 6.45) is -0.0989. The van der Waals surface area contributed by atoms with E-state index >= 15 is 0 Å². The van der Waals surface area contributed by atoms with Gasteiger partial charge in [0.25, 0.3) is 0 Å². The van der Waals surface area contributed by atoms with Crippen LogP contribution in [0.25, 0.3) is 0 Å². The maximum atomic E-state index is 14.3. The van der Waals surface area contributed by atoms with Gasteiger partial charge in [0.2, 0.25) is 0 Å². The van der Waals surface area contributed by atoms with Crippen LogP contribution in [0.3, 0.4) is 0 Å². The van der Waals surface area contributed by atoms with Gasteiger partial charge in [0.15, 0.2) is 0 Å². The average Bonchev–Trinajstić information content (AvgIpc) is 2.53. The van der Waals surface area contributed by atoms with Crippen molar-refractivity contribution in [2.24, 2.45) is 0 Å². The molecule has 1 aliphatic heterocycles. The highest BCUT2D eigenvalue weighted by molar-refractivity contribution is 5.91. The molecule has 1 aromatic carbocycles. The second-order valence-electron chi connectivity index (χ2n) is 4.71. The van der Waals surface area contributed by atoms with Crippen molar-refractivity contribution in [2.75, 3.05) is 49.3 Å². The molecule has 0 unspecified atom stereocenters. The SMILES string of the molecule is CCOC(=O)N(CC=O)c1ccc(N2CCOCC2)c(F)c1. The molecule has 1 fully saturated rings. The van der Waals surface area contributed by atoms with Gasteiger partial charge >= 0.3 is 6.09 Å². The van der Waals surface area contributed by atoms with E-state index in [1.807, 2.05) is 4.90 Å². The van der Waals surface area contributed by atoms with Crippen LogP contribution >= 0.6 is 0 Å². The number of amides is 1. The fourth-order valence-corrected chi connectivity index (χ4v) is 2.29. The number of rotatable bonds is 5. The summed E-state index contributed by atoms with van der Waals surface area (Å²) in [5, 5.41) is 0. The quantitative estimate of drug-likeness (QED) is 0.777. The Hall–Kier alpha value is -2.15. The molecule has 0 N–H and O–H groups in total. The lowest BCUT2D eigenvalue weighted by Crippen LogP contribution is -2.37. The number of benzene rings is 1. The highest BCUT2D eigenvalue weighted by Crippen LogP contribution is 2.26. The number of aldehydes is 1. The molecule has 1 aliphatic rings. The van der Waals surface area contributed by atoms with Crippen LogP contribution in [0.2, 0.25) is 0 Å². The Labute approximate surface area is 128 Å². The Kier molecular flexibility index (Phi) is 5.71. The van der Waals surface area contributed by atoms with Crippen molar-refractivity contribution in [1.82, 2.24) is 0 Å². The van der Waals surface area contributed by atoms with E-state index < -0.39 is 11.9 Å². The van der Waals surface area contributed by atoms with Gasteiger partial charge in [0.05, 0.1) is 37.7 Å². The van der Waals surface area contributed by atoms with Gasteiger partial charge < -0.3 is 19.2 Å². The summed E-state index contributed by atoms with van der Waals surface area (Å²) in [6.45, 7) is 4.01. The minimum atomic E-state index is -0.673. The van der Waals surface area contributed by atoms with Gasteiger partial charge in [0, 0.05) is 13.1 Å². The van der Waals surface area contributed by atoms with Crippen molar-refractivity contribution >= 4 is 23.8 Å². The molecule has 120 valence electrons. The van der Waals surface area contributed by atoms with Crippen LogP contribution in [0.15, 0.2) is 18.2 Å². The highest BCUT2D eigenvalue weighted by atomic mass is 19.1. The summed E-state index contributed by atoms with van der Waals surface area (Å²) in [5.41, 5.74) is 0.752. The lowest BCUT2D eigenvalue weighted by atomic mass is 10.2. The fourth-order valence-electron chi connectivity index (χ4n) is 2.29. The van der Waals surface area contributed by atoms with Gasteiger partial charge in [-0.2, -0.15) is 0 Å². The zero-order chi connectivity index (χ0) is 15.9. The first kappa shape index (κ1) is 16.2. The molecule has 6 nitrogen and oxygen atoms in total. The van der Waals surface area contributed by atoms with Crippen LogP contribution in [0.4, 0.5) is 20.6 Å². The van der Waals surface area contributed by atoms with E-state index in [2.05, 4.69) is 0 Å². The van der Waals surface area contributed by atoms with E-state index in [1.54, 1.807) is 19.1 Å². The van der Waals surface area contributed by atoms with E-state index in [9.17, 15) is 14.0 Å². The predicted molar refractivity (Wildman–Crippen MR) is 79.9 cm³/mol. The first-order chi connectivity index (χ1) is 10.7. The number of hydrogen-bond acceptors (Lipinski definition) is 5. The van der Waals surface area contributed by atoms with Gasteiger partial charge in [-0.05, 0) is 25.1 Å². The largest absolute Gasteiger partial charge is 0.449 e. The topological polar surface area (TPSA) is 59.1 Å². The molecule has 1 heterocycles. The Bertz CT molecular complexity index is 532. The maximum Gasteiger partial charge on any atom is 0.414 e. The van der Waals surface area contributed by atoms with Gasteiger partial charge in [-0.3, -0.25) is 4.90 Å². The molecule has 2 rings (SSSR count). The fraction of sp³-hybridized carbons (Fsp3) is 0.467. The van der Waals surface area contributed by atoms with Crippen molar-refractivity contribution < 1.29 is 23.5 Å². The summed E-state index contributed by atoms with van der Waals surface area (Å²) >= 11 is 0. The second kappa shape index (κ2) is 7.74. The summed E-state index contributed by atoms with van der Waals surface area (Å²) in [6, 6.07) is 4.45. The van der Waals surface area contributed by atoms with Crippen molar-refractivity contribution in [3.8, 4) is 0 Å². The third-order valence-electron chi connectivity index (χ3n) is 3.34. The van der Waals surface area contributed by atoms with E-state index in [0.717, 1.165) is 4.90 Å². The number of anilines is 2. The summed E-state index contributed by atoms with van der Waals surface area (Å²) in [5.74, 6) is -0.445. The van der Waals surface area contributed by atoms with E-state index in [1.165, 1.54) is 6.07 Å². The molecule has 22 heavy (non-hydrogen) atoms. The first-order valence-corrected chi connectivity index (χ1v) is 7.17. The van der Waals surface area contributed by atoms with E-state index in [0.29, 0.717) is 44.0 Å². The van der Waals surface area contributed by atoms with Crippen LogP contribution < -0.4 is 9.80 Å². The van der Waals surface area contributed by atoms with Gasteiger partial charge in [0.1, 0.15) is 12.1 Å². The third-order valence-corrected chi connectivity index (χ3v) is 3.34. The van der Waals surface area contributed by atoms with E-state index in [-0.39, 0.29) is 13.2 Å². The minimum Gasteiger partial charge on any atom is -0.449 e. The Morgan fingerprint density at radius 2 is 2.18 bits per heavy atom. The number of halogens is 1. The first-order valence-electron chi connectivity index (χ1n) is 7.17. The number of ether oxygens (including phenoxy) is 2. The normalized spacial score (nSPS) is 14.5. The van der Waals surface area contributed by atoms with Crippen molar-refractivity contribution in [3.63, 3.8) is 0 Å². The molecular formula is C15H19FN2O4. The lowest BCUT2D eigenvalue weighted by molar-refractivity contribution is -0.106. The predicted octanol–water partition coefficient (Wildman–Crippen LogP) is 1.82. The molecule has 7 heteroatoms. The van der Waals surface area contributed by atoms with E-state index in [4.69, 9.17) is 9.47 Å². The molecule has 1 saturated heterocycles. The third kappa shape index (κ3) is 3.73. The Balaban J connectivity index is 2.21. The highest BCUT2D eigenvalue weighted by Gasteiger charge is 2.20. The molecule has 0 spiro atoms. The van der Waals surface area contributed by atoms with Crippen LogP contribution in [0, 0.1) is 5.82 Å². The number of carbonyl (C=O) groups excluding carboxylic acids is 2. The lowest BCUT2D eigenvalue weighted by Gasteiger charge is -2.29. The maximum absolute atomic E-state index is 14.3. The van der Waals surface area contributed by atoms with Crippen molar-refractivity contribution in [3.05, 3.63) is 24.0 Å². The molecular weight excluding hydrogens is 291 g/mol. The number of nitrogens with zero attached hydrogens (tertiary/aromatic N) is 2. The summed E-state index contributed by atoms with van der Waals surface area (Å²) in [4.78, 5) is 25.5. The summed E-state index contributed by atoms with van der Waals surface area (Å²) < 4.78 is 24.5. The van der Waals surface area contributed by atoms with Gasteiger partial charge in [-0.25, -0.2) is 9.18 Å². The zero-order valence-corrected chi connectivity index (χ0v) is 12.5. The summed E-state index contributed by atoms with van der Waals surface area (Å²) in [7, 11) is 0. The molecule has 0 saturated carbocycles. The van der Waals surface area contributed by atoms with Crippen molar-refractivity contribution in [1.29, 1.82) is 0 Å². The molecule has 0 radical (unpaired) electrons. The minimum absolute atomic E-state index is 0.183. The van der Waals surface area contributed by atoms with Crippen LogP contribution in [-0.4, -0.2) is 51.8 Å². The molecule has 0 bridgehead atoms. The van der Waals surface area contributed by atoms with Gasteiger partial charge in [-0.1, -0.05) is 0 Å². The standard InChI is InChI=1S/C15H19FN2O4/c1-2-22-15(20)18(5-8-19)12-3-4-14(13(16)11-12)17-6-9-21-10-7-17/h3-4,8,11H,2,5-7,9-10H2,1H3. The number of hydrogen-bond donors (Lipinski definition) is 0. The monoisotopic (exact) mass is 310 g/mol. The number of morpholine rings is 1. The van der Waals surface area contributed by atoms with Crippen LogP contribution in [-0.2, 0) is 14.3 Å². The molecule has 1 amide bonds. The Morgan fingerprint density at radius 1 is 1.45 bits per heavy atom. The second-order valence-corrected chi connectivity index (χ2v) is 4.71. The van der Waals surface area contributed by atoms with Crippen LogP contribution in [0.1, 0.15) is 6.92 Å². The van der Waals surface area contributed by atoms with Gasteiger partial charge in [-0.15, -0.1) is 0 Å². The smallest absolute Gasteiger partial charge is 0.414 e. The van der Waals surface area contributed by atoms with Crippen molar-refractivity contribution in [2.45, 2.75) is 6.92 Å². The average molecular weight is 310 g/mol. The molecule has 0 aliphatic carbocycles. The Morgan fingerprint density at radius 3 is 2.77 bits per heavy atom. The number of carbonyl (C=O) groups is 2. The zero-order valence-electron chi connectivity index (χ0n) is 12.5. The molecule has 0 aromatic heterocycles. The molecule has 1 aromatic rings.